The second kappa shape index (κ2) is 6.08. The van der Waals surface area contributed by atoms with Crippen molar-refractivity contribution in [2.75, 3.05) is 18.6 Å². The molecule has 6 heteroatoms. The Morgan fingerprint density at radius 1 is 1.50 bits per heavy atom. The van der Waals surface area contributed by atoms with Gasteiger partial charge in [0, 0.05) is 28.2 Å². The summed E-state index contributed by atoms with van der Waals surface area (Å²) in [6.07, 6.45) is 1.91. The summed E-state index contributed by atoms with van der Waals surface area (Å²) >= 11 is 7.45. The number of hydrogen-bond donors (Lipinski definition) is 3. The van der Waals surface area contributed by atoms with Crippen molar-refractivity contribution in [1.29, 1.82) is 0 Å². The number of aromatic nitrogens is 1. The summed E-state index contributed by atoms with van der Waals surface area (Å²) in [5.74, 6) is 0.328. The first kappa shape index (κ1) is 15.2. The number of halogens is 1. The summed E-state index contributed by atoms with van der Waals surface area (Å²) in [5.41, 5.74) is 0.405. The van der Waals surface area contributed by atoms with Crippen LogP contribution < -0.4 is 5.32 Å². The minimum atomic E-state index is -0.912. The third kappa shape index (κ3) is 3.69. The summed E-state index contributed by atoms with van der Waals surface area (Å²) in [7, 11) is 0. The maximum atomic E-state index is 12.1. The fourth-order valence-corrected chi connectivity index (χ4v) is 2.86. The molecule has 0 aliphatic rings. The molecule has 1 atom stereocenters. The number of hydrogen-bond acceptors (Lipinski definition) is 3. The highest BCUT2D eigenvalue weighted by Crippen LogP contribution is 2.20. The molecule has 0 aliphatic heterocycles. The zero-order valence-electron chi connectivity index (χ0n) is 11.4. The molecule has 4 nitrogen and oxygen atoms in total. The van der Waals surface area contributed by atoms with Crippen LogP contribution >= 0.6 is 23.4 Å². The summed E-state index contributed by atoms with van der Waals surface area (Å²) in [6.45, 7) is 1.91. The molecular formula is C14H17ClN2O2S. The number of amides is 1. The predicted molar refractivity (Wildman–Crippen MR) is 84.6 cm³/mol. The summed E-state index contributed by atoms with van der Waals surface area (Å²) < 4.78 is 0. The number of benzene rings is 1. The van der Waals surface area contributed by atoms with Gasteiger partial charge in [-0.2, -0.15) is 11.8 Å². The van der Waals surface area contributed by atoms with Gasteiger partial charge in [-0.05, 0) is 37.4 Å². The Balaban J connectivity index is 2.08. The molecule has 0 radical (unpaired) electrons. The zero-order valence-corrected chi connectivity index (χ0v) is 12.9. The maximum Gasteiger partial charge on any atom is 0.267 e. The van der Waals surface area contributed by atoms with Crippen LogP contribution in [0, 0.1) is 0 Å². The van der Waals surface area contributed by atoms with E-state index in [1.165, 1.54) is 11.8 Å². The largest absolute Gasteiger partial charge is 0.387 e. The van der Waals surface area contributed by atoms with Gasteiger partial charge in [0.25, 0.3) is 5.91 Å². The number of carbonyl (C=O) groups excluding carboxylic acids is 1. The monoisotopic (exact) mass is 312 g/mol. The SMILES string of the molecule is CSCC(C)(O)CNC(=O)c1cc2cc(Cl)ccc2[nH]1. The van der Waals surface area contributed by atoms with Crippen molar-refractivity contribution >= 4 is 40.2 Å². The summed E-state index contributed by atoms with van der Waals surface area (Å²) in [5, 5.41) is 14.3. The van der Waals surface area contributed by atoms with Gasteiger partial charge in [0.1, 0.15) is 5.69 Å². The lowest BCUT2D eigenvalue weighted by Crippen LogP contribution is -2.42. The van der Waals surface area contributed by atoms with Gasteiger partial charge in [0.2, 0.25) is 0 Å². The zero-order chi connectivity index (χ0) is 14.8. The van der Waals surface area contributed by atoms with Gasteiger partial charge >= 0.3 is 0 Å². The van der Waals surface area contributed by atoms with Crippen LogP contribution in [0.25, 0.3) is 10.9 Å². The average Bonchev–Trinajstić information content (AvgIpc) is 2.79. The van der Waals surface area contributed by atoms with E-state index in [-0.39, 0.29) is 12.5 Å². The van der Waals surface area contributed by atoms with E-state index in [0.29, 0.717) is 16.5 Å². The summed E-state index contributed by atoms with van der Waals surface area (Å²) in [4.78, 5) is 15.1. The molecule has 1 aromatic carbocycles. The maximum absolute atomic E-state index is 12.1. The molecule has 2 rings (SSSR count). The molecule has 1 amide bonds. The number of carbonyl (C=O) groups is 1. The lowest BCUT2D eigenvalue weighted by molar-refractivity contribution is 0.0723. The van der Waals surface area contributed by atoms with Crippen LogP contribution in [0.2, 0.25) is 5.02 Å². The molecule has 2 aromatic rings. The molecule has 0 bridgehead atoms. The molecule has 108 valence electrons. The molecular weight excluding hydrogens is 296 g/mol. The van der Waals surface area contributed by atoms with Gasteiger partial charge in [0.05, 0.1) is 5.60 Å². The van der Waals surface area contributed by atoms with E-state index < -0.39 is 5.60 Å². The molecule has 1 aromatic heterocycles. The standard InChI is InChI=1S/C14H17ClN2O2S/c1-14(19,8-20-2)7-16-13(18)12-6-9-5-10(15)3-4-11(9)17-12/h3-6,17,19H,7-8H2,1-2H3,(H,16,18). The lowest BCUT2D eigenvalue weighted by Gasteiger charge is -2.22. The van der Waals surface area contributed by atoms with Crippen molar-refractivity contribution in [1.82, 2.24) is 10.3 Å². The van der Waals surface area contributed by atoms with E-state index in [9.17, 15) is 9.90 Å². The third-order valence-corrected chi connectivity index (χ3v) is 4.06. The smallest absolute Gasteiger partial charge is 0.267 e. The van der Waals surface area contributed by atoms with Crippen molar-refractivity contribution in [2.45, 2.75) is 12.5 Å². The van der Waals surface area contributed by atoms with Crippen molar-refractivity contribution in [2.24, 2.45) is 0 Å². The van der Waals surface area contributed by atoms with Crippen molar-refractivity contribution in [3.63, 3.8) is 0 Å². The Labute approximate surface area is 126 Å². The first-order chi connectivity index (χ1) is 9.41. The Morgan fingerprint density at radius 3 is 2.95 bits per heavy atom. The first-order valence-electron chi connectivity index (χ1n) is 6.19. The van der Waals surface area contributed by atoms with E-state index in [1.807, 2.05) is 12.3 Å². The highest BCUT2D eigenvalue weighted by atomic mass is 35.5. The van der Waals surface area contributed by atoms with Gasteiger partial charge in [-0.15, -0.1) is 0 Å². The van der Waals surface area contributed by atoms with E-state index in [1.54, 1.807) is 25.1 Å². The Hall–Kier alpha value is -1.17. The third-order valence-electron chi connectivity index (χ3n) is 2.91. The Bertz CT molecular complexity index is 625. The number of thioether (sulfide) groups is 1. The van der Waals surface area contributed by atoms with Gasteiger partial charge in [-0.1, -0.05) is 11.6 Å². The first-order valence-corrected chi connectivity index (χ1v) is 7.96. The van der Waals surface area contributed by atoms with E-state index >= 15 is 0 Å². The molecule has 0 saturated heterocycles. The number of aromatic amines is 1. The predicted octanol–water partition coefficient (Wildman–Crippen LogP) is 2.67. The van der Waals surface area contributed by atoms with Crippen molar-refractivity contribution in [3.05, 3.63) is 35.0 Å². The molecule has 3 N–H and O–H groups in total. The second-order valence-electron chi connectivity index (χ2n) is 5.03. The Morgan fingerprint density at radius 2 is 2.25 bits per heavy atom. The number of aliphatic hydroxyl groups is 1. The minimum absolute atomic E-state index is 0.211. The van der Waals surface area contributed by atoms with E-state index in [0.717, 1.165) is 10.9 Å². The molecule has 20 heavy (non-hydrogen) atoms. The van der Waals surface area contributed by atoms with Crippen molar-refractivity contribution < 1.29 is 9.90 Å². The van der Waals surface area contributed by atoms with Crippen LogP contribution in [0.4, 0.5) is 0 Å². The molecule has 0 spiro atoms. The van der Waals surface area contributed by atoms with Gasteiger partial charge in [-0.25, -0.2) is 0 Å². The van der Waals surface area contributed by atoms with Gasteiger partial charge < -0.3 is 15.4 Å². The average molecular weight is 313 g/mol. The molecule has 0 aliphatic carbocycles. The van der Waals surface area contributed by atoms with Crippen LogP contribution in [0.5, 0.6) is 0 Å². The number of nitrogens with one attached hydrogen (secondary N) is 2. The number of fused-ring (bicyclic) bond motifs is 1. The molecule has 1 heterocycles. The number of rotatable bonds is 5. The summed E-state index contributed by atoms with van der Waals surface area (Å²) in [6, 6.07) is 7.15. The van der Waals surface area contributed by atoms with E-state index in [2.05, 4.69) is 10.3 Å². The molecule has 1 unspecified atom stereocenters. The second-order valence-corrected chi connectivity index (χ2v) is 6.33. The topological polar surface area (TPSA) is 65.1 Å². The van der Waals surface area contributed by atoms with Crippen LogP contribution in [-0.4, -0.2) is 40.2 Å². The number of H-pyrrole nitrogens is 1. The van der Waals surface area contributed by atoms with Crippen LogP contribution in [-0.2, 0) is 0 Å². The molecule has 0 fully saturated rings. The van der Waals surface area contributed by atoms with Crippen molar-refractivity contribution in [3.8, 4) is 0 Å². The lowest BCUT2D eigenvalue weighted by atomic mass is 10.1. The fourth-order valence-electron chi connectivity index (χ4n) is 1.95. The van der Waals surface area contributed by atoms with Crippen LogP contribution in [0.1, 0.15) is 17.4 Å². The van der Waals surface area contributed by atoms with Gasteiger partial charge in [0.15, 0.2) is 0 Å². The quantitative estimate of drug-likeness (QED) is 0.795. The Kier molecular flexibility index (Phi) is 4.62. The van der Waals surface area contributed by atoms with Crippen LogP contribution in [0.15, 0.2) is 24.3 Å². The minimum Gasteiger partial charge on any atom is -0.387 e. The van der Waals surface area contributed by atoms with Gasteiger partial charge in [-0.3, -0.25) is 4.79 Å². The molecule has 0 saturated carbocycles. The highest BCUT2D eigenvalue weighted by Gasteiger charge is 2.21. The normalized spacial score (nSPS) is 14.2. The fraction of sp³-hybridized carbons (Fsp3) is 0.357. The highest BCUT2D eigenvalue weighted by molar-refractivity contribution is 7.98. The van der Waals surface area contributed by atoms with Crippen LogP contribution in [0.3, 0.4) is 0 Å². The van der Waals surface area contributed by atoms with E-state index in [4.69, 9.17) is 11.6 Å².